The van der Waals surface area contributed by atoms with Gasteiger partial charge in [-0.1, -0.05) is 0 Å². The van der Waals surface area contributed by atoms with Crippen LogP contribution in [0, 0.1) is 0 Å². The largest absolute Gasteiger partial charge is 0.416 e. The molecule has 0 aromatic carbocycles. The van der Waals surface area contributed by atoms with Gasteiger partial charge in [0.25, 0.3) is 11.5 Å². The molecule has 3 rings (SSSR count). The summed E-state index contributed by atoms with van der Waals surface area (Å²) in [5.74, 6) is -0.0137. The molecule has 1 aromatic heterocycles. The van der Waals surface area contributed by atoms with Gasteiger partial charge >= 0.3 is 6.18 Å². The van der Waals surface area contributed by atoms with Crippen LogP contribution in [-0.2, 0) is 4.74 Å². The van der Waals surface area contributed by atoms with Crippen molar-refractivity contribution in [1.82, 2.24) is 14.9 Å². The van der Waals surface area contributed by atoms with Gasteiger partial charge in [-0.25, -0.2) is 4.98 Å². The predicted octanol–water partition coefficient (Wildman–Crippen LogP) is 1.05. The molecular weight excluding hydrogens is 303 g/mol. The summed E-state index contributed by atoms with van der Waals surface area (Å²) >= 11 is 0. The van der Waals surface area contributed by atoms with Crippen LogP contribution in [-0.4, -0.2) is 52.8 Å². The van der Waals surface area contributed by atoms with E-state index in [4.69, 9.17) is 0 Å². The fourth-order valence-corrected chi connectivity index (χ4v) is 2.33. The SMILES string of the molecule is O=C(c1cnc(C2CC2)[nH]c1=O)N1CCO[C@H](C(F)(F)F)C1. The number of H-pyrrole nitrogens is 1. The average molecular weight is 317 g/mol. The Balaban J connectivity index is 1.77. The number of aromatic amines is 1. The number of carbonyl (C=O) groups is 1. The highest BCUT2D eigenvalue weighted by Crippen LogP contribution is 2.37. The zero-order valence-corrected chi connectivity index (χ0v) is 11.5. The van der Waals surface area contributed by atoms with E-state index < -0.39 is 30.3 Å². The number of morpholine rings is 1. The van der Waals surface area contributed by atoms with Crippen molar-refractivity contribution in [2.24, 2.45) is 0 Å². The first-order valence-electron chi connectivity index (χ1n) is 6.93. The Morgan fingerprint density at radius 2 is 2.14 bits per heavy atom. The molecule has 2 fully saturated rings. The standard InChI is InChI=1S/C13H14F3N3O3/c14-13(15,16)9-6-19(3-4-22-9)12(21)8-5-17-10(7-1-2-7)18-11(8)20/h5,7,9H,1-4,6H2,(H,17,18,20)/t9-/m0/s1. The third-order valence-corrected chi connectivity index (χ3v) is 3.73. The Hall–Kier alpha value is -1.90. The molecule has 1 N–H and O–H groups in total. The summed E-state index contributed by atoms with van der Waals surface area (Å²) in [6.07, 6.45) is -3.55. The van der Waals surface area contributed by atoms with Crippen molar-refractivity contribution in [2.45, 2.75) is 31.0 Å². The van der Waals surface area contributed by atoms with E-state index >= 15 is 0 Å². The molecule has 0 bridgehead atoms. The summed E-state index contributed by atoms with van der Waals surface area (Å²) in [7, 11) is 0. The number of hydrogen-bond acceptors (Lipinski definition) is 4. The van der Waals surface area contributed by atoms with Gasteiger partial charge in [-0.2, -0.15) is 13.2 Å². The normalized spacial score (nSPS) is 22.7. The quantitative estimate of drug-likeness (QED) is 0.885. The molecule has 1 aliphatic heterocycles. The number of halogens is 3. The maximum absolute atomic E-state index is 12.7. The van der Waals surface area contributed by atoms with E-state index in [1.165, 1.54) is 0 Å². The Labute approximate surface area is 123 Å². The van der Waals surface area contributed by atoms with Crippen molar-refractivity contribution in [3.8, 4) is 0 Å². The van der Waals surface area contributed by atoms with Crippen molar-refractivity contribution in [1.29, 1.82) is 0 Å². The van der Waals surface area contributed by atoms with Gasteiger partial charge in [0.1, 0.15) is 11.4 Å². The lowest BCUT2D eigenvalue weighted by molar-refractivity contribution is -0.233. The van der Waals surface area contributed by atoms with Crippen molar-refractivity contribution < 1.29 is 22.7 Å². The molecule has 0 unspecified atom stereocenters. The van der Waals surface area contributed by atoms with Crippen LogP contribution in [0.1, 0.15) is 34.9 Å². The van der Waals surface area contributed by atoms with Gasteiger partial charge in [0.05, 0.1) is 13.2 Å². The first-order valence-corrected chi connectivity index (χ1v) is 6.93. The molecule has 6 nitrogen and oxygen atoms in total. The van der Waals surface area contributed by atoms with Crippen LogP contribution in [0.15, 0.2) is 11.0 Å². The summed E-state index contributed by atoms with van der Waals surface area (Å²) < 4.78 is 42.6. The lowest BCUT2D eigenvalue weighted by Crippen LogP contribution is -2.51. The Kier molecular flexibility index (Phi) is 3.67. The van der Waals surface area contributed by atoms with Crippen molar-refractivity contribution in [2.75, 3.05) is 19.7 Å². The molecule has 2 aliphatic rings. The molecule has 9 heteroatoms. The average Bonchev–Trinajstić information content (AvgIpc) is 3.30. The van der Waals surface area contributed by atoms with Crippen molar-refractivity contribution >= 4 is 5.91 Å². The molecule has 1 aromatic rings. The lowest BCUT2D eigenvalue weighted by atomic mass is 10.2. The molecule has 1 atom stereocenters. The second kappa shape index (κ2) is 5.38. The third kappa shape index (κ3) is 2.99. The molecule has 0 spiro atoms. The first kappa shape index (κ1) is 15.0. The van der Waals surface area contributed by atoms with Crippen LogP contribution in [0.25, 0.3) is 0 Å². The zero-order valence-electron chi connectivity index (χ0n) is 11.5. The number of amides is 1. The van der Waals surface area contributed by atoms with Gasteiger partial charge in [0.15, 0.2) is 6.10 Å². The summed E-state index contributed by atoms with van der Waals surface area (Å²) in [6, 6.07) is 0. The van der Waals surface area contributed by atoms with Crippen LogP contribution < -0.4 is 5.56 Å². The van der Waals surface area contributed by atoms with Gasteiger partial charge in [0.2, 0.25) is 0 Å². The van der Waals surface area contributed by atoms with Crippen LogP contribution in [0.2, 0.25) is 0 Å². The summed E-state index contributed by atoms with van der Waals surface area (Å²) in [5.41, 5.74) is -0.857. The van der Waals surface area contributed by atoms with Crippen molar-refractivity contribution in [3.63, 3.8) is 0 Å². The minimum atomic E-state index is -4.54. The highest BCUT2D eigenvalue weighted by Gasteiger charge is 2.44. The topological polar surface area (TPSA) is 75.3 Å². The molecular formula is C13H14F3N3O3. The summed E-state index contributed by atoms with van der Waals surface area (Å²) in [6.45, 7) is -0.831. The molecule has 120 valence electrons. The summed E-state index contributed by atoms with van der Waals surface area (Å²) in [4.78, 5) is 31.7. The maximum Gasteiger partial charge on any atom is 0.416 e. The molecule has 0 radical (unpaired) electrons. The van der Waals surface area contributed by atoms with Crippen LogP contribution in [0.3, 0.4) is 0 Å². The number of nitrogens with zero attached hydrogens (tertiary/aromatic N) is 2. The molecule has 2 heterocycles. The lowest BCUT2D eigenvalue weighted by Gasteiger charge is -2.33. The van der Waals surface area contributed by atoms with Gasteiger partial charge < -0.3 is 14.6 Å². The minimum Gasteiger partial charge on any atom is -0.365 e. The molecule has 1 saturated heterocycles. The van der Waals surface area contributed by atoms with Crippen molar-refractivity contribution in [3.05, 3.63) is 27.9 Å². The first-order chi connectivity index (χ1) is 10.4. The highest BCUT2D eigenvalue weighted by molar-refractivity contribution is 5.93. The molecule has 22 heavy (non-hydrogen) atoms. The Morgan fingerprint density at radius 3 is 2.73 bits per heavy atom. The minimum absolute atomic E-state index is 0.00916. The smallest absolute Gasteiger partial charge is 0.365 e. The number of ether oxygens (including phenoxy) is 1. The molecule has 1 saturated carbocycles. The van der Waals surface area contributed by atoms with E-state index in [1.807, 2.05) is 0 Å². The number of nitrogens with one attached hydrogen (secondary N) is 1. The second-order valence-corrected chi connectivity index (χ2v) is 5.44. The van der Waals surface area contributed by atoms with Crippen LogP contribution in [0.5, 0.6) is 0 Å². The van der Waals surface area contributed by atoms with E-state index in [-0.39, 0.29) is 24.6 Å². The number of alkyl halides is 3. The van der Waals surface area contributed by atoms with E-state index in [0.29, 0.717) is 5.82 Å². The summed E-state index contributed by atoms with van der Waals surface area (Å²) in [5, 5.41) is 0. The fourth-order valence-electron chi connectivity index (χ4n) is 2.33. The van der Waals surface area contributed by atoms with Gasteiger partial charge in [-0.3, -0.25) is 9.59 Å². The van der Waals surface area contributed by atoms with Gasteiger partial charge in [0, 0.05) is 18.7 Å². The monoisotopic (exact) mass is 317 g/mol. The van der Waals surface area contributed by atoms with E-state index in [1.54, 1.807) is 0 Å². The Morgan fingerprint density at radius 1 is 1.41 bits per heavy atom. The third-order valence-electron chi connectivity index (χ3n) is 3.73. The number of hydrogen-bond donors (Lipinski definition) is 1. The van der Waals surface area contributed by atoms with Gasteiger partial charge in [-0.05, 0) is 12.8 Å². The number of carbonyl (C=O) groups excluding carboxylic acids is 1. The second-order valence-electron chi connectivity index (χ2n) is 5.44. The Bertz CT molecular complexity index is 639. The van der Waals surface area contributed by atoms with Crippen LogP contribution >= 0.6 is 0 Å². The van der Waals surface area contributed by atoms with E-state index in [0.717, 1.165) is 23.9 Å². The van der Waals surface area contributed by atoms with Gasteiger partial charge in [-0.15, -0.1) is 0 Å². The van der Waals surface area contributed by atoms with E-state index in [2.05, 4.69) is 14.7 Å². The fraction of sp³-hybridized carbons (Fsp3) is 0.615. The molecule has 1 aliphatic carbocycles. The highest BCUT2D eigenvalue weighted by atomic mass is 19.4. The van der Waals surface area contributed by atoms with E-state index in [9.17, 15) is 22.8 Å². The predicted molar refractivity (Wildman–Crippen MR) is 68.5 cm³/mol. The van der Waals surface area contributed by atoms with Crippen LogP contribution in [0.4, 0.5) is 13.2 Å². The maximum atomic E-state index is 12.7. The number of rotatable bonds is 2. The molecule has 1 amide bonds. The zero-order chi connectivity index (χ0) is 15.9. The number of aromatic nitrogens is 2.